The van der Waals surface area contributed by atoms with Crippen molar-refractivity contribution >= 4 is 97.1 Å². The number of aryl methyl sites for hydroxylation is 3. The standard InChI is InChI=1S/3C17H19N3O3S/c3*1-11-12(2)18-23-17(11)19-24(21,22)16-10-6-7-13-14(16)8-5-9-15(13)20(3)4/h3*5-10,19H,1-4H3. The van der Waals surface area contributed by atoms with Crippen molar-refractivity contribution in [1.29, 1.82) is 0 Å². The minimum Gasteiger partial charge on any atom is -0.377 e. The Balaban J connectivity index is 0.000000158. The molecule has 9 aromatic rings. The third-order valence-corrected chi connectivity index (χ3v) is 16.2. The second-order valence-electron chi connectivity index (χ2n) is 17.6. The SMILES string of the molecule is Cc1noc(NS(=O)(=O)c2cccc3c(N(C)C)cccc23)c1C.Cc1noc(NS(=O)(=O)c2cccc3c(N(C)C)cccc23)c1C.Cc1noc(NS(=O)(=O)c2cccc3c(N(C)C)cccc23)c1C. The molecule has 18 nitrogen and oxygen atoms in total. The topological polar surface area (TPSA) is 226 Å². The predicted molar refractivity (Wildman–Crippen MR) is 285 cm³/mol. The summed E-state index contributed by atoms with van der Waals surface area (Å²) in [6, 6.07) is 32.5. The van der Waals surface area contributed by atoms with Crippen molar-refractivity contribution in [2.75, 3.05) is 71.2 Å². The lowest BCUT2D eigenvalue weighted by molar-refractivity contribution is 0.430. The van der Waals surface area contributed by atoms with Gasteiger partial charge in [0.2, 0.25) is 17.7 Å². The number of nitrogens with one attached hydrogen (secondary N) is 3. The maximum absolute atomic E-state index is 12.8. The van der Waals surface area contributed by atoms with Crippen LogP contribution >= 0.6 is 0 Å². The normalized spacial score (nSPS) is 11.7. The van der Waals surface area contributed by atoms with E-state index in [1.807, 2.05) is 112 Å². The zero-order chi connectivity index (χ0) is 52.4. The van der Waals surface area contributed by atoms with Gasteiger partial charge in [-0.15, -0.1) is 0 Å². The van der Waals surface area contributed by atoms with E-state index in [1.54, 1.807) is 96.1 Å². The molecule has 0 fully saturated rings. The Morgan fingerprint density at radius 3 is 0.778 bits per heavy atom. The summed E-state index contributed by atoms with van der Waals surface area (Å²) in [5.74, 6) is 0.440. The maximum Gasteiger partial charge on any atom is 0.264 e. The van der Waals surface area contributed by atoms with Gasteiger partial charge in [0, 0.05) is 108 Å². The van der Waals surface area contributed by atoms with Crippen LogP contribution in [0.4, 0.5) is 34.7 Å². The van der Waals surface area contributed by atoms with Gasteiger partial charge in [0.25, 0.3) is 30.1 Å². The average molecular weight is 1040 g/mol. The van der Waals surface area contributed by atoms with Crippen molar-refractivity contribution in [2.24, 2.45) is 0 Å². The number of benzene rings is 6. The summed E-state index contributed by atoms with van der Waals surface area (Å²) in [6.07, 6.45) is 0. The van der Waals surface area contributed by atoms with Crippen LogP contribution in [-0.4, -0.2) is 83.0 Å². The van der Waals surface area contributed by atoms with Crippen molar-refractivity contribution in [2.45, 2.75) is 56.2 Å². The third-order valence-electron chi connectivity index (χ3n) is 12.0. The van der Waals surface area contributed by atoms with E-state index in [0.29, 0.717) is 49.9 Å². The highest BCUT2D eigenvalue weighted by molar-refractivity contribution is 7.93. The zero-order valence-electron chi connectivity index (χ0n) is 42.0. The molecule has 0 spiro atoms. The molecule has 0 radical (unpaired) electrons. The molecule has 3 N–H and O–H groups in total. The molecule has 0 saturated carbocycles. The summed E-state index contributed by atoms with van der Waals surface area (Å²) in [5.41, 5.74) is 6.85. The van der Waals surface area contributed by atoms with Crippen LogP contribution in [0.15, 0.2) is 137 Å². The van der Waals surface area contributed by atoms with Crippen molar-refractivity contribution in [3.8, 4) is 0 Å². The first-order valence-electron chi connectivity index (χ1n) is 22.4. The Bertz CT molecular complexity index is 3410. The summed E-state index contributed by atoms with van der Waals surface area (Å²) in [5, 5.41) is 15.9. The van der Waals surface area contributed by atoms with Gasteiger partial charge in [-0.25, -0.2) is 39.4 Å². The molecule has 3 heterocycles. The molecule has 6 aromatic carbocycles. The van der Waals surface area contributed by atoms with Gasteiger partial charge < -0.3 is 28.3 Å². The van der Waals surface area contributed by atoms with E-state index in [-0.39, 0.29) is 32.3 Å². The Labute approximate surface area is 419 Å². The maximum atomic E-state index is 12.8. The van der Waals surface area contributed by atoms with Gasteiger partial charge in [-0.1, -0.05) is 88.3 Å². The highest BCUT2D eigenvalue weighted by atomic mass is 32.2. The molecule has 0 aliphatic rings. The third kappa shape index (κ3) is 10.7. The first kappa shape index (κ1) is 52.2. The zero-order valence-corrected chi connectivity index (χ0v) is 44.4. The second-order valence-corrected chi connectivity index (χ2v) is 22.5. The molecule has 72 heavy (non-hydrogen) atoms. The Morgan fingerprint density at radius 1 is 0.347 bits per heavy atom. The van der Waals surface area contributed by atoms with Gasteiger partial charge >= 0.3 is 0 Å². The van der Waals surface area contributed by atoms with Crippen molar-refractivity contribution in [3.05, 3.63) is 143 Å². The van der Waals surface area contributed by atoms with Crippen molar-refractivity contribution < 1.29 is 38.8 Å². The molecular formula is C51H57N9O9S3. The van der Waals surface area contributed by atoms with Crippen LogP contribution in [-0.2, 0) is 30.1 Å². The lowest BCUT2D eigenvalue weighted by Gasteiger charge is -2.17. The number of rotatable bonds is 12. The molecule has 0 bridgehead atoms. The molecule has 0 atom stereocenters. The van der Waals surface area contributed by atoms with Gasteiger partial charge in [0.15, 0.2) is 0 Å². The van der Waals surface area contributed by atoms with Crippen LogP contribution in [0.2, 0.25) is 0 Å². The highest BCUT2D eigenvalue weighted by Gasteiger charge is 2.25. The number of sulfonamides is 3. The molecule has 9 rings (SSSR count). The molecule has 0 aliphatic heterocycles. The van der Waals surface area contributed by atoms with Crippen LogP contribution in [0.25, 0.3) is 32.3 Å². The highest BCUT2D eigenvalue weighted by Crippen LogP contribution is 2.35. The largest absolute Gasteiger partial charge is 0.377 e. The second kappa shape index (κ2) is 20.6. The fourth-order valence-electron chi connectivity index (χ4n) is 7.73. The van der Waals surface area contributed by atoms with Crippen LogP contribution in [0.5, 0.6) is 0 Å². The predicted octanol–water partition coefficient (Wildman–Crippen LogP) is 9.93. The summed E-state index contributed by atoms with van der Waals surface area (Å²) in [6.45, 7) is 10.6. The van der Waals surface area contributed by atoms with Crippen molar-refractivity contribution in [1.82, 2.24) is 15.5 Å². The van der Waals surface area contributed by atoms with E-state index in [4.69, 9.17) is 13.6 Å². The fraction of sp³-hybridized carbons (Fsp3) is 0.235. The smallest absolute Gasteiger partial charge is 0.264 e. The van der Waals surface area contributed by atoms with E-state index in [1.165, 1.54) is 0 Å². The van der Waals surface area contributed by atoms with Gasteiger partial charge in [0.1, 0.15) is 0 Å². The molecule has 0 saturated heterocycles. The fourth-order valence-corrected chi connectivity index (χ4v) is 11.5. The van der Waals surface area contributed by atoms with Crippen LogP contribution in [0, 0.1) is 41.5 Å². The summed E-state index contributed by atoms with van der Waals surface area (Å²) >= 11 is 0. The first-order valence-corrected chi connectivity index (χ1v) is 26.8. The summed E-state index contributed by atoms with van der Waals surface area (Å²) < 4.78 is 99.8. The van der Waals surface area contributed by atoms with E-state index in [2.05, 4.69) is 29.6 Å². The summed E-state index contributed by atoms with van der Waals surface area (Å²) in [7, 11) is 0.171. The molecule has 21 heteroatoms. The van der Waals surface area contributed by atoms with E-state index < -0.39 is 30.1 Å². The first-order chi connectivity index (χ1) is 33.9. The van der Waals surface area contributed by atoms with Gasteiger partial charge in [0.05, 0.1) is 31.8 Å². The molecule has 0 amide bonds. The lowest BCUT2D eigenvalue weighted by atomic mass is 10.1. The van der Waals surface area contributed by atoms with Gasteiger partial charge in [-0.2, -0.15) is 0 Å². The monoisotopic (exact) mass is 1040 g/mol. The number of aromatic nitrogens is 3. The Kier molecular flexibility index (Phi) is 14.9. The van der Waals surface area contributed by atoms with Crippen LogP contribution in [0.3, 0.4) is 0 Å². The molecule has 0 unspecified atom stereocenters. The van der Waals surface area contributed by atoms with Crippen molar-refractivity contribution in [3.63, 3.8) is 0 Å². The number of fused-ring (bicyclic) bond motifs is 3. The molecule has 378 valence electrons. The minimum absolute atomic E-state index is 0.147. The van der Waals surface area contributed by atoms with Crippen LogP contribution in [0.1, 0.15) is 33.8 Å². The van der Waals surface area contributed by atoms with E-state index in [9.17, 15) is 25.3 Å². The van der Waals surface area contributed by atoms with Gasteiger partial charge in [-0.3, -0.25) is 0 Å². The number of hydrogen-bond acceptors (Lipinski definition) is 15. The molecular weight excluding hydrogens is 979 g/mol. The Morgan fingerprint density at radius 2 is 0.569 bits per heavy atom. The van der Waals surface area contributed by atoms with E-state index in [0.717, 1.165) is 33.2 Å². The summed E-state index contributed by atoms with van der Waals surface area (Å²) in [4.78, 5) is 6.48. The van der Waals surface area contributed by atoms with E-state index >= 15 is 0 Å². The number of hydrogen-bond donors (Lipinski definition) is 3. The quantitative estimate of drug-likeness (QED) is 0.103. The number of nitrogens with zero attached hydrogens (tertiary/aromatic N) is 6. The number of anilines is 6. The van der Waals surface area contributed by atoms with Gasteiger partial charge in [-0.05, 0) is 77.9 Å². The molecule has 0 aliphatic carbocycles. The average Bonchev–Trinajstić information content (AvgIpc) is 3.95. The Hall–Kier alpha value is -7.62. The minimum atomic E-state index is -3.79. The lowest BCUT2D eigenvalue weighted by Crippen LogP contribution is -2.14. The van der Waals surface area contributed by atoms with Crippen LogP contribution < -0.4 is 28.9 Å². The molecule has 3 aromatic heterocycles.